The summed E-state index contributed by atoms with van der Waals surface area (Å²) in [5, 5.41) is 0. The summed E-state index contributed by atoms with van der Waals surface area (Å²) in [6.07, 6.45) is 6.92. The molecule has 0 radical (unpaired) electrons. The van der Waals surface area contributed by atoms with E-state index < -0.39 is 0 Å². The van der Waals surface area contributed by atoms with Gasteiger partial charge in [0.15, 0.2) is 11.5 Å². The maximum atomic E-state index is 12.4. The molecular formula is C22H31N3O5. The third-order valence-corrected chi connectivity index (χ3v) is 4.87. The molecule has 1 heterocycles. The maximum Gasteiger partial charge on any atom is 0.246 e. The fourth-order valence-electron chi connectivity index (χ4n) is 3.07. The van der Waals surface area contributed by atoms with Crippen LogP contribution in [0.25, 0.3) is 6.08 Å². The van der Waals surface area contributed by atoms with Crippen LogP contribution in [0.3, 0.4) is 0 Å². The van der Waals surface area contributed by atoms with Crippen molar-refractivity contribution in [2.24, 2.45) is 0 Å². The highest BCUT2D eigenvalue weighted by Gasteiger charge is 2.21. The van der Waals surface area contributed by atoms with Crippen molar-refractivity contribution in [1.82, 2.24) is 14.7 Å². The average molecular weight is 418 g/mol. The summed E-state index contributed by atoms with van der Waals surface area (Å²) >= 11 is 0. The molecule has 8 heteroatoms. The molecule has 8 nitrogen and oxygen atoms in total. The number of benzene rings is 1. The van der Waals surface area contributed by atoms with Gasteiger partial charge in [-0.3, -0.25) is 14.5 Å². The quantitative estimate of drug-likeness (QED) is 0.472. The van der Waals surface area contributed by atoms with Gasteiger partial charge >= 0.3 is 0 Å². The first-order chi connectivity index (χ1) is 14.4. The molecule has 164 valence electrons. The van der Waals surface area contributed by atoms with Gasteiger partial charge in [-0.05, 0) is 17.7 Å². The van der Waals surface area contributed by atoms with E-state index in [2.05, 4.69) is 4.90 Å². The van der Waals surface area contributed by atoms with Crippen molar-refractivity contribution in [3.05, 3.63) is 35.9 Å². The molecule has 0 saturated carbocycles. The Morgan fingerprint density at radius 3 is 2.07 bits per heavy atom. The largest absolute Gasteiger partial charge is 0.493 e. The number of hydrogen-bond acceptors (Lipinski definition) is 6. The minimum atomic E-state index is -0.0388. The first-order valence-electron chi connectivity index (χ1n) is 9.75. The number of amides is 2. The minimum absolute atomic E-state index is 0.0388. The molecule has 30 heavy (non-hydrogen) atoms. The fraction of sp³-hybridized carbons (Fsp3) is 0.455. The lowest BCUT2D eigenvalue weighted by Gasteiger charge is -2.34. The Labute approximate surface area is 178 Å². The normalized spacial score (nSPS) is 14.9. The number of likely N-dealkylation sites (N-methyl/N-ethyl adjacent to an activating group) is 1. The molecule has 1 aromatic carbocycles. The van der Waals surface area contributed by atoms with Crippen LogP contribution in [-0.4, -0.2) is 94.7 Å². The highest BCUT2D eigenvalue weighted by molar-refractivity contribution is 5.88. The van der Waals surface area contributed by atoms with Crippen molar-refractivity contribution in [1.29, 1.82) is 0 Å². The lowest BCUT2D eigenvalue weighted by molar-refractivity contribution is -0.131. The number of nitrogens with zero attached hydrogens (tertiary/aromatic N) is 3. The van der Waals surface area contributed by atoms with E-state index in [0.717, 1.165) is 5.56 Å². The number of carbonyl (C=O) groups excluding carboxylic acids is 2. The molecule has 0 spiro atoms. The van der Waals surface area contributed by atoms with Gasteiger partial charge in [0.2, 0.25) is 17.6 Å². The zero-order chi connectivity index (χ0) is 22.1. The Kier molecular flexibility index (Phi) is 8.73. The SMILES string of the molecule is COc1cc(/C=C/C=C/C(=O)N2CCN(CC(=O)N(C)C)CC2)cc(OC)c1OC. The Bertz CT molecular complexity index is 771. The summed E-state index contributed by atoms with van der Waals surface area (Å²) in [7, 11) is 8.19. The van der Waals surface area contributed by atoms with E-state index in [1.165, 1.54) is 0 Å². The molecule has 0 aromatic heterocycles. The summed E-state index contributed by atoms with van der Waals surface area (Å²) in [4.78, 5) is 29.6. The Morgan fingerprint density at radius 2 is 1.57 bits per heavy atom. The predicted molar refractivity (Wildman–Crippen MR) is 116 cm³/mol. The van der Waals surface area contributed by atoms with Crippen LogP contribution in [0.2, 0.25) is 0 Å². The van der Waals surface area contributed by atoms with Crippen LogP contribution in [0, 0.1) is 0 Å². The summed E-state index contributed by atoms with van der Waals surface area (Å²) in [5.41, 5.74) is 0.862. The van der Waals surface area contributed by atoms with Gasteiger partial charge in [0.25, 0.3) is 0 Å². The predicted octanol–water partition coefficient (Wildman–Crippen LogP) is 1.51. The lowest BCUT2D eigenvalue weighted by atomic mass is 10.1. The Balaban J connectivity index is 1.91. The first-order valence-corrected chi connectivity index (χ1v) is 9.75. The molecule has 0 bridgehead atoms. The van der Waals surface area contributed by atoms with E-state index in [1.807, 2.05) is 18.2 Å². The number of carbonyl (C=O) groups is 2. The van der Waals surface area contributed by atoms with Crippen LogP contribution >= 0.6 is 0 Å². The van der Waals surface area contributed by atoms with Gasteiger partial charge in [-0.2, -0.15) is 0 Å². The number of allylic oxidation sites excluding steroid dienone is 2. The van der Waals surface area contributed by atoms with Crippen LogP contribution in [-0.2, 0) is 9.59 Å². The van der Waals surface area contributed by atoms with Crippen molar-refractivity contribution in [3.8, 4) is 17.2 Å². The topological polar surface area (TPSA) is 71.6 Å². The maximum absolute atomic E-state index is 12.4. The molecule has 0 N–H and O–H groups in total. The molecule has 1 aliphatic heterocycles. The second kappa shape index (κ2) is 11.3. The number of hydrogen-bond donors (Lipinski definition) is 0. The molecule has 0 atom stereocenters. The Morgan fingerprint density at radius 1 is 0.967 bits per heavy atom. The first kappa shape index (κ1) is 23.3. The fourth-order valence-corrected chi connectivity index (χ4v) is 3.07. The van der Waals surface area contributed by atoms with Crippen molar-refractivity contribution in [2.45, 2.75) is 0 Å². The van der Waals surface area contributed by atoms with Crippen LogP contribution in [0.15, 0.2) is 30.4 Å². The van der Waals surface area contributed by atoms with Gasteiger partial charge in [-0.25, -0.2) is 0 Å². The van der Waals surface area contributed by atoms with Crippen LogP contribution < -0.4 is 14.2 Å². The number of methoxy groups -OCH3 is 3. The summed E-state index contributed by atoms with van der Waals surface area (Å²) in [5.74, 6) is 1.72. The van der Waals surface area contributed by atoms with Crippen molar-refractivity contribution < 1.29 is 23.8 Å². The minimum Gasteiger partial charge on any atom is -0.493 e. The van der Waals surface area contributed by atoms with E-state index >= 15 is 0 Å². The van der Waals surface area contributed by atoms with E-state index in [9.17, 15) is 9.59 Å². The summed E-state index contributed by atoms with van der Waals surface area (Å²) in [6, 6.07) is 3.67. The highest BCUT2D eigenvalue weighted by atomic mass is 16.5. The van der Waals surface area contributed by atoms with E-state index in [-0.39, 0.29) is 11.8 Å². The van der Waals surface area contributed by atoms with Crippen molar-refractivity contribution >= 4 is 17.9 Å². The molecule has 1 aliphatic rings. The average Bonchev–Trinajstić information content (AvgIpc) is 2.76. The van der Waals surface area contributed by atoms with Crippen molar-refractivity contribution in [2.75, 3.05) is 68.1 Å². The zero-order valence-electron chi connectivity index (χ0n) is 18.4. The van der Waals surface area contributed by atoms with Gasteiger partial charge in [0.05, 0.1) is 27.9 Å². The van der Waals surface area contributed by atoms with E-state index in [1.54, 1.807) is 63.5 Å². The molecule has 1 aromatic rings. The summed E-state index contributed by atoms with van der Waals surface area (Å²) in [6.45, 7) is 3.00. The number of rotatable bonds is 8. The smallest absolute Gasteiger partial charge is 0.246 e. The number of ether oxygens (including phenoxy) is 3. The van der Waals surface area contributed by atoms with Gasteiger partial charge < -0.3 is 24.0 Å². The molecule has 2 amide bonds. The monoisotopic (exact) mass is 417 g/mol. The van der Waals surface area contributed by atoms with Gasteiger partial charge in [-0.1, -0.05) is 18.2 Å². The van der Waals surface area contributed by atoms with Crippen LogP contribution in [0.4, 0.5) is 0 Å². The molecular weight excluding hydrogens is 386 g/mol. The molecule has 0 unspecified atom stereocenters. The Hall–Kier alpha value is -3.00. The standard InChI is InChI=1S/C22H31N3O5/c1-23(2)21(27)16-24-10-12-25(13-11-24)20(26)9-7-6-8-17-14-18(28-3)22(30-5)19(15-17)29-4/h6-9,14-15H,10-13,16H2,1-5H3/b8-6+,9-7+. The van der Waals surface area contributed by atoms with E-state index in [0.29, 0.717) is 50.0 Å². The number of piperazine rings is 1. The van der Waals surface area contributed by atoms with Gasteiger partial charge in [0, 0.05) is 46.4 Å². The molecule has 1 saturated heterocycles. The van der Waals surface area contributed by atoms with Gasteiger partial charge in [0.1, 0.15) is 0 Å². The van der Waals surface area contributed by atoms with Crippen molar-refractivity contribution in [3.63, 3.8) is 0 Å². The second-order valence-corrected chi connectivity index (χ2v) is 7.07. The molecule has 0 aliphatic carbocycles. The van der Waals surface area contributed by atoms with Crippen LogP contribution in [0.1, 0.15) is 5.56 Å². The summed E-state index contributed by atoms with van der Waals surface area (Å²) < 4.78 is 16.0. The highest BCUT2D eigenvalue weighted by Crippen LogP contribution is 2.38. The lowest BCUT2D eigenvalue weighted by Crippen LogP contribution is -2.50. The zero-order valence-corrected chi connectivity index (χ0v) is 18.4. The molecule has 1 fully saturated rings. The van der Waals surface area contributed by atoms with E-state index in [4.69, 9.17) is 14.2 Å². The second-order valence-electron chi connectivity index (χ2n) is 7.07. The van der Waals surface area contributed by atoms with Crippen LogP contribution in [0.5, 0.6) is 17.2 Å². The third kappa shape index (κ3) is 6.25. The molecule has 2 rings (SSSR count). The van der Waals surface area contributed by atoms with Gasteiger partial charge in [-0.15, -0.1) is 0 Å². The third-order valence-electron chi connectivity index (χ3n) is 4.87.